The Morgan fingerprint density at radius 3 is 2.45 bits per heavy atom. The number of anilines is 2. The van der Waals surface area contributed by atoms with E-state index >= 15 is 0 Å². The Hall–Kier alpha value is -1.81. The molecule has 2 aromatic rings. The predicted molar refractivity (Wildman–Crippen MR) is 86.6 cm³/mol. The number of aryl methyl sites for hydroxylation is 3. The lowest BCUT2D eigenvalue weighted by molar-refractivity contribution is -0.114. The Morgan fingerprint density at radius 1 is 1.20 bits per heavy atom. The third-order valence-electron chi connectivity index (χ3n) is 3.16. The molecule has 0 spiro atoms. The SMILES string of the molecule is CC(=O)Nc1ccsc1CNc1c(C)cc(C)cc1C. The Morgan fingerprint density at radius 2 is 1.85 bits per heavy atom. The Kier molecular flexibility index (Phi) is 4.45. The Labute approximate surface area is 124 Å². The summed E-state index contributed by atoms with van der Waals surface area (Å²) in [6.45, 7) is 8.59. The molecule has 1 amide bonds. The maximum Gasteiger partial charge on any atom is 0.221 e. The zero-order valence-corrected chi connectivity index (χ0v) is 13.1. The standard InChI is InChI=1S/C16H20N2OS/c1-10-7-11(2)16(12(3)8-10)17-9-15-14(5-6-20-15)18-13(4)19/h5-8,17H,9H2,1-4H3,(H,18,19). The quantitative estimate of drug-likeness (QED) is 0.883. The first-order chi connectivity index (χ1) is 9.47. The van der Waals surface area contributed by atoms with Crippen molar-refractivity contribution in [3.63, 3.8) is 0 Å². The van der Waals surface area contributed by atoms with Gasteiger partial charge in [0.25, 0.3) is 0 Å². The smallest absolute Gasteiger partial charge is 0.221 e. The molecule has 106 valence electrons. The lowest BCUT2D eigenvalue weighted by Gasteiger charge is -2.14. The average Bonchev–Trinajstić information content (AvgIpc) is 2.74. The number of amides is 1. The van der Waals surface area contributed by atoms with Gasteiger partial charge < -0.3 is 10.6 Å². The molecule has 1 aromatic heterocycles. The van der Waals surface area contributed by atoms with Gasteiger partial charge in [-0.3, -0.25) is 4.79 Å². The average molecular weight is 288 g/mol. The molecule has 0 atom stereocenters. The van der Waals surface area contributed by atoms with Crippen LogP contribution in [0.25, 0.3) is 0 Å². The summed E-state index contributed by atoms with van der Waals surface area (Å²) >= 11 is 1.65. The van der Waals surface area contributed by atoms with Crippen molar-refractivity contribution in [2.24, 2.45) is 0 Å². The van der Waals surface area contributed by atoms with Gasteiger partial charge in [0.1, 0.15) is 0 Å². The summed E-state index contributed by atoms with van der Waals surface area (Å²) in [6, 6.07) is 6.30. The highest BCUT2D eigenvalue weighted by Crippen LogP contribution is 2.26. The van der Waals surface area contributed by atoms with Crippen molar-refractivity contribution in [1.82, 2.24) is 0 Å². The number of rotatable bonds is 4. The predicted octanol–water partition coefficient (Wildman–Crippen LogP) is 4.24. The maximum absolute atomic E-state index is 11.2. The van der Waals surface area contributed by atoms with Crippen LogP contribution in [-0.4, -0.2) is 5.91 Å². The summed E-state index contributed by atoms with van der Waals surface area (Å²) in [4.78, 5) is 12.3. The molecule has 0 radical (unpaired) electrons. The van der Waals surface area contributed by atoms with E-state index in [0.29, 0.717) is 0 Å². The molecule has 0 unspecified atom stereocenters. The van der Waals surface area contributed by atoms with Crippen LogP contribution in [0.1, 0.15) is 28.5 Å². The number of carbonyl (C=O) groups is 1. The minimum absolute atomic E-state index is 0.0349. The van der Waals surface area contributed by atoms with Crippen LogP contribution in [0, 0.1) is 20.8 Å². The summed E-state index contributed by atoms with van der Waals surface area (Å²) < 4.78 is 0. The zero-order chi connectivity index (χ0) is 14.7. The summed E-state index contributed by atoms with van der Waals surface area (Å²) in [5, 5.41) is 8.34. The van der Waals surface area contributed by atoms with Crippen molar-refractivity contribution < 1.29 is 4.79 Å². The number of hydrogen-bond donors (Lipinski definition) is 2. The van der Waals surface area contributed by atoms with Gasteiger partial charge in [0.05, 0.1) is 12.2 Å². The van der Waals surface area contributed by atoms with Gasteiger partial charge in [-0.1, -0.05) is 17.7 Å². The highest BCUT2D eigenvalue weighted by molar-refractivity contribution is 7.10. The van der Waals surface area contributed by atoms with Gasteiger partial charge in [0.15, 0.2) is 0 Å². The molecule has 1 heterocycles. The Bertz CT molecular complexity index is 608. The summed E-state index contributed by atoms with van der Waals surface area (Å²) in [5.41, 5.74) is 5.86. The molecular formula is C16H20N2OS. The highest BCUT2D eigenvalue weighted by Gasteiger charge is 2.08. The second-order valence-corrected chi connectivity index (χ2v) is 6.07. The van der Waals surface area contributed by atoms with Crippen LogP contribution in [0.4, 0.5) is 11.4 Å². The Balaban J connectivity index is 2.13. The van der Waals surface area contributed by atoms with Crippen LogP contribution >= 0.6 is 11.3 Å². The van der Waals surface area contributed by atoms with Crippen LogP contribution < -0.4 is 10.6 Å². The minimum Gasteiger partial charge on any atom is -0.380 e. The van der Waals surface area contributed by atoms with Gasteiger partial charge >= 0.3 is 0 Å². The van der Waals surface area contributed by atoms with Crippen molar-refractivity contribution in [2.45, 2.75) is 34.2 Å². The van der Waals surface area contributed by atoms with Gasteiger partial charge in [-0.25, -0.2) is 0 Å². The molecule has 0 saturated carbocycles. The van der Waals surface area contributed by atoms with Crippen LogP contribution in [-0.2, 0) is 11.3 Å². The second-order valence-electron chi connectivity index (χ2n) is 5.07. The molecule has 2 N–H and O–H groups in total. The molecule has 20 heavy (non-hydrogen) atoms. The molecule has 1 aromatic carbocycles. The van der Waals surface area contributed by atoms with E-state index in [1.54, 1.807) is 11.3 Å². The third-order valence-corrected chi connectivity index (χ3v) is 4.08. The van der Waals surface area contributed by atoms with E-state index < -0.39 is 0 Å². The minimum atomic E-state index is -0.0349. The van der Waals surface area contributed by atoms with Gasteiger partial charge in [0.2, 0.25) is 5.91 Å². The molecule has 4 heteroatoms. The van der Waals surface area contributed by atoms with E-state index in [1.807, 2.05) is 11.4 Å². The molecule has 3 nitrogen and oxygen atoms in total. The fraction of sp³-hybridized carbons (Fsp3) is 0.312. The molecule has 0 aliphatic carbocycles. The van der Waals surface area contributed by atoms with Crippen LogP contribution in [0.5, 0.6) is 0 Å². The summed E-state index contributed by atoms with van der Waals surface area (Å²) in [7, 11) is 0. The van der Waals surface area contributed by atoms with E-state index in [-0.39, 0.29) is 5.91 Å². The molecule has 0 aliphatic rings. The van der Waals surface area contributed by atoms with Crippen LogP contribution in [0.15, 0.2) is 23.6 Å². The van der Waals surface area contributed by atoms with Crippen molar-refractivity contribution in [3.05, 3.63) is 45.1 Å². The second kappa shape index (κ2) is 6.09. The maximum atomic E-state index is 11.2. The van der Waals surface area contributed by atoms with E-state index in [2.05, 4.69) is 43.5 Å². The van der Waals surface area contributed by atoms with Gasteiger partial charge in [-0.2, -0.15) is 0 Å². The first kappa shape index (κ1) is 14.6. The molecule has 0 bridgehead atoms. The van der Waals surface area contributed by atoms with Crippen molar-refractivity contribution in [2.75, 3.05) is 10.6 Å². The lowest BCUT2D eigenvalue weighted by Crippen LogP contribution is -2.08. The zero-order valence-electron chi connectivity index (χ0n) is 12.3. The fourth-order valence-electron chi connectivity index (χ4n) is 2.41. The largest absolute Gasteiger partial charge is 0.380 e. The third kappa shape index (κ3) is 3.39. The molecule has 0 saturated heterocycles. The van der Waals surface area contributed by atoms with Gasteiger partial charge in [-0.15, -0.1) is 11.3 Å². The first-order valence-corrected chi connectivity index (χ1v) is 7.51. The molecule has 0 fully saturated rings. The molecular weight excluding hydrogens is 268 g/mol. The van der Waals surface area contributed by atoms with E-state index in [0.717, 1.165) is 17.1 Å². The summed E-state index contributed by atoms with van der Waals surface area (Å²) in [6.07, 6.45) is 0. The number of carbonyl (C=O) groups excluding carboxylic acids is 1. The number of hydrogen-bond acceptors (Lipinski definition) is 3. The van der Waals surface area contributed by atoms with Gasteiger partial charge in [-0.05, 0) is 43.3 Å². The van der Waals surface area contributed by atoms with E-state index in [1.165, 1.54) is 29.3 Å². The number of thiophene rings is 1. The normalized spacial score (nSPS) is 10.4. The molecule has 0 aliphatic heterocycles. The van der Waals surface area contributed by atoms with Crippen molar-refractivity contribution in [3.8, 4) is 0 Å². The van der Waals surface area contributed by atoms with E-state index in [4.69, 9.17) is 0 Å². The summed E-state index contributed by atoms with van der Waals surface area (Å²) in [5.74, 6) is -0.0349. The lowest BCUT2D eigenvalue weighted by atomic mass is 10.1. The highest BCUT2D eigenvalue weighted by atomic mass is 32.1. The number of nitrogens with one attached hydrogen (secondary N) is 2. The molecule has 2 rings (SSSR count). The van der Waals surface area contributed by atoms with Crippen LogP contribution in [0.2, 0.25) is 0 Å². The van der Waals surface area contributed by atoms with E-state index in [9.17, 15) is 4.79 Å². The monoisotopic (exact) mass is 288 g/mol. The number of benzene rings is 1. The van der Waals surface area contributed by atoms with Crippen molar-refractivity contribution >= 4 is 28.6 Å². The first-order valence-electron chi connectivity index (χ1n) is 6.63. The van der Waals surface area contributed by atoms with Crippen LogP contribution in [0.3, 0.4) is 0 Å². The van der Waals surface area contributed by atoms with Crippen molar-refractivity contribution in [1.29, 1.82) is 0 Å². The van der Waals surface area contributed by atoms with Gasteiger partial charge in [0, 0.05) is 17.5 Å². The fourth-order valence-corrected chi connectivity index (χ4v) is 3.18. The topological polar surface area (TPSA) is 41.1 Å².